The zero-order chi connectivity index (χ0) is 19.1. The number of rotatable bonds is 3. The van der Waals surface area contributed by atoms with Gasteiger partial charge in [0.1, 0.15) is 17.3 Å². The minimum atomic E-state index is -0.376. The van der Waals surface area contributed by atoms with Crippen LogP contribution in [-0.4, -0.2) is 27.7 Å². The monoisotopic (exact) mass is 395 g/mol. The zero-order valence-corrected chi connectivity index (χ0v) is 15.4. The molecular weight excluding hydrogens is 381 g/mol. The van der Waals surface area contributed by atoms with Crippen LogP contribution in [0.25, 0.3) is 21.9 Å². The highest BCUT2D eigenvalue weighted by atomic mass is 32.1. The van der Waals surface area contributed by atoms with Gasteiger partial charge in [-0.1, -0.05) is 28.5 Å². The Morgan fingerprint density at radius 2 is 2.04 bits per heavy atom. The Morgan fingerprint density at radius 3 is 2.86 bits per heavy atom. The van der Waals surface area contributed by atoms with Crippen molar-refractivity contribution >= 4 is 17.2 Å². The van der Waals surface area contributed by atoms with Crippen LogP contribution in [0.15, 0.2) is 56.9 Å². The molecule has 1 aromatic carbocycles. The molecule has 1 amide bonds. The first-order valence-corrected chi connectivity index (χ1v) is 9.61. The molecule has 0 saturated carbocycles. The van der Waals surface area contributed by atoms with Crippen molar-refractivity contribution in [2.24, 2.45) is 0 Å². The fourth-order valence-electron chi connectivity index (χ4n) is 3.32. The average Bonchev–Trinajstić information content (AvgIpc) is 3.46. The summed E-state index contributed by atoms with van der Waals surface area (Å²) in [6.45, 7) is 0.751. The van der Waals surface area contributed by atoms with E-state index in [1.54, 1.807) is 29.2 Å². The van der Waals surface area contributed by atoms with E-state index < -0.39 is 0 Å². The van der Waals surface area contributed by atoms with Gasteiger partial charge < -0.3 is 13.9 Å². The van der Waals surface area contributed by atoms with Gasteiger partial charge >= 0.3 is 0 Å². The minimum Gasteiger partial charge on any atom is -0.360 e. The van der Waals surface area contributed by atoms with E-state index in [-0.39, 0.29) is 24.0 Å². The summed E-state index contributed by atoms with van der Waals surface area (Å²) in [5, 5.41) is 9.91. The first-order chi connectivity index (χ1) is 13.7. The van der Waals surface area contributed by atoms with Gasteiger partial charge in [0, 0.05) is 30.2 Å². The van der Waals surface area contributed by atoms with Crippen LogP contribution in [0.3, 0.4) is 0 Å². The molecule has 0 saturated heterocycles. The molecule has 5 rings (SSSR count). The Labute approximate surface area is 163 Å². The van der Waals surface area contributed by atoms with Gasteiger partial charge in [-0.25, -0.2) is 4.39 Å². The lowest BCUT2D eigenvalue weighted by Crippen LogP contribution is -2.35. The lowest BCUT2D eigenvalue weighted by atomic mass is 10.0. The smallest absolute Gasteiger partial charge is 0.276 e. The lowest BCUT2D eigenvalue weighted by molar-refractivity contribution is 0.0718. The number of hydrogen-bond donors (Lipinski definition) is 0. The van der Waals surface area contributed by atoms with Crippen molar-refractivity contribution in [1.82, 2.24) is 15.2 Å². The number of fused-ring (bicyclic) bond motifs is 1. The SMILES string of the molecule is O=C(c1cc(-c2cccs2)on1)N1CCc2onc(-c3ccccc3F)c2C1. The molecule has 0 N–H and O–H groups in total. The number of halogens is 1. The van der Waals surface area contributed by atoms with Crippen molar-refractivity contribution in [1.29, 1.82) is 0 Å². The van der Waals surface area contributed by atoms with Gasteiger partial charge in [-0.05, 0) is 23.6 Å². The maximum atomic E-state index is 14.2. The largest absolute Gasteiger partial charge is 0.360 e. The molecule has 0 atom stereocenters. The Morgan fingerprint density at radius 1 is 1.14 bits per heavy atom. The van der Waals surface area contributed by atoms with Gasteiger partial charge in [0.2, 0.25) is 0 Å². The predicted octanol–water partition coefficient (Wildman–Crippen LogP) is 4.40. The molecule has 4 aromatic rings. The molecule has 140 valence electrons. The highest BCUT2D eigenvalue weighted by Crippen LogP contribution is 2.32. The molecule has 4 heterocycles. The first kappa shape index (κ1) is 16.9. The van der Waals surface area contributed by atoms with E-state index in [0.29, 0.717) is 35.7 Å². The van der Waals surface area contributed by atoms with Crippen molar-refractivity contribution < 1.29 is 18.2 Å². The Kier molecular flexibility index (Phi) is 4.05. The number of nitrogens with zero attached hydrogens (tertiary/aromatic N) is 3. The van der Waals surface area contributed by atoms with Crippen LogP contribution in [0.4, 0.5) is 4.39 Å². The Balaban J connectivity index is 1.42. The average molecular weight is 395 g/mol. The zero-order valence-electron chi connectivity index (χ0n) is 14.6. The van der Waals surface area contributed by atoms with Gasteiger partial charge in [-0.3, -0.25) is 4.79 Å². The maximum absolute atomic E-state index is 14.2. The van der Waals surface area contributed by atoms with E-state index in [4.69, 9.17) is 9.05 Å². The van der Waals surface area contributed by atoms with Crippen LogP contribution in [-0.2, 0) is 13.0 Å². The summed E-state index contributed by atoms with van der Waals surface area (Å²) < 4.78 is 24.9. The molecule has 8 heteroatoms. The summed E-state index contributed by atoms with van der Waals surface area (Å²) in [5.41, 5.74) is 1.77. The second-order valence-electron chi connectivity index (χ2n) is 6.44. The molecule has 3 aromatic heterocycles. The Hall–Kier alpha value is -3.26. The van der Waals surface area contributed by atoms with E-state index in [1.807, 2.05) is 17.5 Å². The molecular formula is C20H14FN3O3S. The predicted molar refractivity (Wildman–Crippen MR) is 100 cm³/mol. The minimum absolute atomic E-state index is 0.238. The van der Waals surface area contributed by atoms with E-state index in [2.05, 4.69) is 10.3 Å². The van der Waals surface area contributed by atoms with E-state index in [1.165, 1.54) is 17.4 Å². The topological polar surface area (TPSA) is 72.4 Å². The number of carbonyl (C=O) groups is 1. The molecule has 0 bridgehead atoms. The van der Waals surface area contributed by atoms with Crippen LogP contribution >= 0.6 is 11.3 Å². The van der Waals surface area contributed by atoms with Crippen molar-refractivity contribution in [2.45, 2.75) is 13.0 Å². The maximum Gasteiger partial charge on any atom is 0.276 e. The number of amides is 1. The second-order valence-corrected chi connectivity index (χ2v) is 7.39. The summed E-state index contributed by atoms with van der Waals surface area (Å²) in [6, 6.07) is 11.9. The summed E-state index contributed by atoms with van der Waals surface area (Å²) in [6.07, 6.45) is 0.512. The molecule has 0 fully saturated rings. The fourth-order valence-corrected chi connectivity index (χ4v) is 3.99. The molecule has 0 unspecified atom stereocenters. The summed E-state index contributed by atoms with van der Waals surface area (Å²) in [5.74, 6) is 0.631. The molecule has 28 heavy (non-hydrogen) atoms. The van der Waals surface area contributed by atoms with Gasteiger partial charge in [0.05, 0.1) is 11.4 Å². The quantitative estimate of drug-likeness (QED) is 0.514. The summed E-state index contributed by atoms with van der Waals surface area (Å²) >= 11 is 1.51. The van der Waals surface area contributed by atoms with Crippen molar-refractivity contribution in [3.8, 4) is 21.9 Å². The number of aromatic nitrogens is 2. The first-order valence-electron chi connectivity index (χ1n) is 8.73. The van der Waals surface area contributed by atoms with Gasteiger partial charge in [0.25, 0.3) is 5.91 Å². The van der Waals surface area contributed by atoms with Gasteiger partial charge in [-0.15, -0.1) is 11.3 Å². The molecule has 0 radical (unpaired) electrons. The standard InChI is InChI=1S/C20H14FN3O3S/c21-14-5-2-1-4-12(14)19-13-11-24(8-7-16(13)26-23-19)20(25)15-10-17(27-22-15)18-6-3-9-28-18/h1-6,9-10H,7-8,11H2. The van der Waals surface area contributed by atoms with Crippen molar-refractivity contribution in [3.63, 3.8) is 0 Å². The molecule has 0 spiro atoms. The highest BCUT2D eigenvalue weighted by molar-refractivity contribution is 7.13. The van der Waals surface area contributed by atoms with Crippen LogP contribution in [0, 0.1) is 5.82 Å². The summed E-state index contributed by atoms with van der Waals surface area (Å²) in [4.78, 5) is 15.5. The van der Waals surface area contributed by atoms with Crippen molar-refractivity contribution in [3.05, 3.63) is 70.7 Å². The van der Waals surface area contributed by atoms with Gasteiger partial charge in [-0.2, -0.15) is 0 Å². The van der Waals surface area contributed by atoms with Crippen LogP contribution < -0.4 is 0 Å². The third-order valence-corrected chi connectivity index (χ3v) is 5.62. The van der Waals surface area contributed by atoms with E-state index in [9.17, 15) is 9.18 Å². The number of hydrogen-bond acceptors (Lipinski definition) is 6. The summed E-state index contributed by atoms with van der Waals surface area (Å²) in [7, 11) is 0. The van der Waals surface area contributed by atoms with E-state index in [0.717, 1.165) is 10.4 Å². The number of benzene rings is 1. The molecule has 1 aliphatic rings. The normalized spacial score (nSPS) is 13.5. The van der Waals surface area contributed by atoms with E-state index >= 15 is 0 Å². The number of carbonyl (C=O) groups excluding carboxylic acids is 1. The third-order valence-electron chi connectivity index (χ3n) is 4.74. The lowest BCUT2D eigenvalue weighted by Gasteiger charge is -2.25. The highest BCUT2D eigenvalue weighted by Gasteiger charge is 2.30. The van der Waals surface area contributed by atoms with Crippen LogP contribution in [0.2, 0.25) is 0 Å². The second kappa shape index (κ2) is 6.72. The van der Waals surface area contributed by atoms with Crippen LogP contribution in [0.1, 0.15) is 21.8 Å². The number of thiophene rings is 1. The third kappa shape index (κ3) is 2.82. The Bertz CT molecular complexity index is 1150. The molecule has 6 nitrogen and oxygen atoms in total. The van der Waals surface area contributed by atoms with Gasteiger partial charge in [0.15, 0.2) is 11.5 Å². The van der Waals surface area contributed by atoms with Crippen molar-refractivity contribution in [2.75, 3.05) is 6.54 Å². The fraction of sp³-hybridized carbons (Fsp3) is 0.150. The van der Waals surface area contributed by atoms with Crippen LogP contribution in [0.5, 0.6) is 0 Å². The molecule has 1 aliphatic heterocycles. The molecule has 0 aliphatic carbocycles.